The van der Waals surface area contributed by atoms with E-state index < -0.39 is 14.1 Å². The van der Waals surface area contributed by atoms with E-state index in [2.05, 4.69) is 20.8 Å². The van der Waals surface area contributed by atoms with Gasteiger partial charge in [-0.05, 0) is 18.1 Å². The lowest BCUT2D eigenvalue weighted by Crippen LogP contribution is -2.42. The van der Waals surface area contributed by atoms with Gasteiger partial charge < -0.3 is 10.2 Å². The predicted octanol–water partition coefficient (Wildman–Crippen LogP) is 1.89. The average Bonchev–Trinajstić information content (AvgIpc) is 2.11. The number of hydrogen-bond donors (Lipinski definition) is 1. The van der Waals surface area contributed by atoms with Crippen molar-refractivity contribution >= 4 is 19.9 Å². The Labute approximate surface area is 103 Å². The fourth-order valence-electron chi connectivity index (χ4n) is 1.10. The van der Waals surface area contributed by atoms with E-state index in [0.717, 1.165) is 6.08 Å². The molecule has 0 amide bonds. The summed E-state index contributed by atoms with van der Waals surface area (Å²) in [5.41, 5.74) is 5.42. The summed E-state index contributed by atoms with van der Waals surface area (Å²) in [7, 11) is -2.12. The van der Waals surface area contributed by atoms with E-state index in [9.17, 15) is 9.59 Å². The number of allylic oxidation sites excluding steroid dienone is 2. The Bertz CT molecular complexity index is 428. The SMILES string of the molecule is CC(C)(C)[Si](C)(C)OC1=CC(=O)C=C(N)C1=O. The van der Waals surface area contributed by atoms with Crippen molar-refractivity contribution in [3.05, 3.63) is 23.6 Å². The Morgan fingerprint density at radius 3 is 2.18 bits per heavy atom. The highest BCUT2D eigenvalue weighted by atomic mass is 28.4. The molecular weight excluding hydrogens is 234 g/mol. The molecule has 1 aliphatic carbocycles. The predicted molar refractivity (Wildman–Crippen MR) is 68.6 cm³/mol. The summed E-state index contributed by atoms with van der Waals surface area (Å²) < 4.78 is 5.81. The standard InChI is InChI=1S/C12H19NO3Si/c1-12(2,3)17(4,5)16-10-7-8(14)6-9(13)11(10)15/h6-7H,13H2,1-5H3. The molecule has 0 fully saturated rings. The Morgan fingerprint density at radius 1 is 1.18 bits per heavy atom. The lowest BCUT2D eigenvalue weighted by atomic mass is 10.1. The van der Waals surface area contributed by atoms with E-state index in [0.29, 0.717) is 0 Å². The molecule has 4 nitrogen and oxygen atoms in total. The number of rotatable bonds is 2. The number of Topliss-reactive ketones (excluding diaryl/α,β-unsaturated/α-hetero) is 1. The van der Waals surface area contributed by atoms with Crippen LogP contribution in [0.4, 0.5) is 0 Å². The van der Waals surface area contributed by atoms with Gasteiger partial charge in [-0.15, -0.1) is 0 Å². The molecule has 0 bridgehead atoms. The van der Waals surface area contributed by atoms with Crippen molar-refractivity contribution in [1.82, 2.24) is 0 Å². The summed E-state index contributed by atoms with van der Waals surface area (Å²) in [6.45, 7) is 10.2. The minimum atomic E-state index is -2.12. The minimum Gasteiger partial charge on any atom is -0.541 e. The number of carbonyl (C=O) groups excluding carboxylic acids is 2. The normalized spacial score (nSPS) is 17.7. The number of hydrogen-bond acceptors (Lipinski definition) is 4. The minimum absolute atomic E-state index is 0.0346. The molecule has 0 aromatic carbocycles. The topological polar surface area (TPSA) is 69.4 Å². The maximum absolute atomic E-state index is 11.8. The van der Waals surface area contributed by atoms with Gasteiger partial charge in [-0.1, -0.05) is 20.8 Å². The molecule has 0 aliphatic heterocycles. The molecule has 5 heteroatoms. The van der Waals surface area contributed by atoms with E-state index in [1.165, 1.54) is 6.08 Å². The van der Waals surface area contributed by atoms with Crippen molar-refractivity contribution in [2.45, 2.75) is 38.9 Å². The van der Waals surface area contributed by atoms with Crippen molar-refractivity contribution in [3.63, 3.8) is 0 Å². The van der Waals surface area contributed by atoms with Crippen LogP contribution in [-0.4, -0.2) is 19.9 Å². The van der Waals surface area contributed by atoms with Gasteiger partial charge in [0.2, 0.25) is 5.78 Å². The van der Waals surface area contributed by atoms with Crippen LogP contribution in [-0.2, 0) is 14.0 Å². The summed E-state index contributed by atoms with van der Waals surface area (Å²) in [6, 6.07) is 0. The Morgan fingerprint density at radius 2 is 1.71 bits per heavy atom. The van der Waals surface area contributed by atoms with Gasteiger partial charge in [-0.25, -0.2) is 0 Å². The molecule has 0 spiro atoms. The summed E-state index contributed by atoms with van der Waals surface area (Å²) in [6.07, 6.45) is 2.35. The molecule has 0 unspecified atom stereocenters. The third-order valence-corrected chi connectivity index (χ3v) is 7.57. The molecule has 1 rings (SSSR count). The van der Waals surface area contributed by atoms with Gasteiger partial charge in [0.05, 0.1) is 5.70 Å². The number of ketones is 2. The van der Waals surface area contributed by atoms with Gasteiger partial charge in [0.25, 0.3) is 8.32 Å². The highest BCUT2D eigenvalue weighted by Gasteiger charge is 2.41. The second-order valence-electron chi connectivity index (χ2n) is 5.70. The first-order valence-electron chi connectivity index (χ1n) is 5.51. The smallest absolute Gasteiger partial charge is 0.250 e. The lowest BCUT2D eigenvalue weighted by molar-refractivity contribution is -0.117. The quantitative estimate of drug-likeness (QED) is 0.602. The van der Waals surface area contributed by atoms with Gasteiger partial charge in [-0.3, -0.25) is 9.59 Å². The van der Waals surface area contributed by atoms with Crippen LogP contribution in [0.3, 0.4) is 0 Å². The number of carbonyl (C=O) groups is 2. The van der Waals surface area contributed by atoms with Crippen LogP contribution < -0.4 is 5.73 Å². The van der Waals surface area contributed by atoms with Gasteiger partial charge in [0.1, 0.15) is 0 Å². The molecular formula is C12H19NO3Si. The summed E-state index contributed by atoms with van der Waals surface area (Å²) in [5.74, 6) is -0.605. The van der Waals surface area contributed by atoms with Crippen LogP contribution in [0.25, 0.3) is 0 Å². The fraction of sp³-hybridized carbons (Fsp3) is 0.500. The first-order valence-corrected chi connectivity index (χ1v) is 8.42. The first-order chi connectivity index (χ1) is 7.54. The fourth-order valence-corrected chi connectivity index (χ4v) is 2.11. The van der Waals surface area contributed by atoms with Crippen LogP contribution in [0.5, 0.6) is 0 Å². The average molecular weight is 253 g/mol. The zero-order valence-corrected chi connectivity index (χ0v) is 12.0. The Kier molecular flexibility index (Phi) is 3.34. The van der Waals surface area contributed by atoms with Crippen LogP contribution >= 0.6 is 0 Å². The molecule has 0 atom stereocenters. The van der Waals surface area contributed by atoms with Crippen molar-refractivity contribution < 1.29 is 14.0 Å². The van der Waals surface area contributed by atoms with Crippen molar-refractivity contribution in [1.29, 1.82) is 0 Å². The molecule has 0 radical (unpaired) electrons. The summed E-state index contributed by atoms with van der Waals surface area (Å²) >= 11 is 0. The molecule has 0 saturated heterocycles. The summed E-state index contributed by atoms with van der Waals surface area (Å²) in [4.78, 5) is 23.1. The third-order valence-electron chi connectivity index (χ3n) is 3.23. The molecule has 94 valence electrons. The molecule has 17 heavy (non-hydrogen) atoms. The van der Waals surface area contributed by atoms with E-state index in [1.807, 2.05) is 13.1 Å². The van der Waals surface area contributed by atoms with Crippen molar-refractivity contribution in [3.8, 4) is 0 Å². The van der Waals surface area contributed by atoms with E-state index >= 15 is 0 Å². The second kappa shape index (κ2) is 4.14. The molecule has 0 saturated carbocycles. The molecule has 0 aromatic rings. The largest absolute Gasteiger partial charge is 0.541 e. The van der Waals surface area contributed by atoms with Gasteiger partial charge in [-0.2, -0.15) is 0 Å². The van der Waals surface area contributed by atoms with E-state index in [1.54, 1.807) is 0 Å². The van der Waals surface area contributed by atoms with Crippen molar-refractivity contribution in [2.75, 3.05) is 0 Å². The highest BCUT2D eigenvalue weighted by Crippen LogP contribution is 2.38. The molecule has 2 N–H and O–H groups in total. The van der Waals surface area contributed by atoms with Crippen LogP contribution in [0.2, 0.25) is 18.1 Å². The Balaban J connectivity index is 2.98. The molecule has 1 aliphatic rings. The first kappa shape index (κ1) is 13.7. The maximum atomic E-state index is 11.8. The highest BCUT2D eigenvalue weighted by molar-refractivity contribution is 6.74. The third kappa shape index (κ3) is 2.85. The maximum Gasteiger partial charge on any atom is 0.250 e. The second-order valence-corrected chi connectivity index (χ2v) is 10.4. The zero-order valence-electron chi connectivity index (χ0n) is 11.0. The molecule has 0 aromatic heterocycles. The Hall–Kier alpha value is -1.36. The summed E-state index contributed by atoms with van der Waals surface area (Å²) in [5, 5.41) is -0.0346. The molecule has 0 heterocycles. The van der Waals surface area contributed by atoms with Gasteiger partial charge in [0, 0.05) is 12.2 Å². The number of nitrogens with two attached hydrogens (primary N) is 1. The van der Waals surface area contributed by atoms with E-state index in [4.69, 9.17) is 10.2 Å². The zero-order chi connectivity index (χ0) is 13.4. The lowest BCUT2D eigenvalue weighted by Gasteiger charge is -2.37. The van der Waals surface area contributed by atoms with Crippen LogP contribution in [0, 0.1) is 0 Å². The van der Waals surface area contributed by atoms with E-state index in [-0.39, 0.29) is 22.3 Å². The van der Waals surface area contributed by atoms with Crippen molar-refractivity contribution in [2.24, 2.45) is 5.73 Å². The van der Waals surface area contributed by atoms with Crippen LogP contribution in [0.1, 0.15) is 20.8 Å². The monoisotopic (exact) mass is 253 g/mol. The van der Waals surface area contributed by atoms with Gasteiger partial charge >= 0.3 is 0 Å². The van der Waals surface area contributed by atoms with Gasteiger partial charge in [0.15, 0.2) is 11.5 Å². The van der Waals surface area contributed by atoms with Crippen LogP contribution in [0.15, 0.2) is 23.6 Å².